The number of imidazole rings is 1. The SMILES string of the molecule is Brc1ccc(Br)c2c1nc1n2Cc2cc3ccccc3cc2-1. The lowest BCUT2D eigenvalue weighted by atomic mass is 10.0. The fraction of sp³-hybridized carbons (Fsp3) is 0.0556. The van der Waals surface area contributed by atoms with Gasteiger partial charge in [0.2, 0.25) is 0 Å². The highest BCUT2D eigenvalue weighted by Crippen LogP contribution is 2.40. The molecule has 0 saturated carbocycles. The lowest BCUT2D eigenvalue weighted by Crippen LogP contribution is -1.93. The summed E-state index contributed by atoms with van der Waals surface area (Å²) in [4.78, 5) is 4.89. The number of nitrogens with zero attached hydrogens (tertiary/aromatic N) is 2. The molecule has 0 amide bonds. The molecule has 0 atom stereocenters. The number of aromatic nitrogens is 2. The van der Waals surface area contributed by atoms with Gasteiger partial charge in [-0.2, -0.15) is 0 Å². The molecular weight excluding hydrogens is 404 g/mol. The molecule has 106 valence electrons. The van der Waals surface area contributed by atoms with Gasteiger partial charge in [-0.3, -0.25) is 0 Å². The molecule has 2 nitrogen and oxygen atoms in total. The summed E-state index contributed by atoms with van der Waals surface area (Å²) in [6, 6.07) is 17.2. The Morgan fingerprint density at radius 3 is 2.45 bits per heavy atom. The predicted octanol–water partition coefficient (Wildman–Crippen LogP) is 5.74. The molecule has 2 heterocycles. The normalized spacial score (nSPS) is 12.8. The van der Waals surface area contributed by atoms with Gasteiger partial charge in [0.15, 0.2) is 0 Å². The summed E-state index contributed by atoms with van der Waals surface area (Å²) < 4.78 is 4.42. The zero-order valence-corrected chi connectivity index (χ0v) is 14.6. The standard InChI is InChI=1S/C18H10Br2N2/c19-14-5-6-15(20)17-16(14)21-18-13-8-11-4-2-1-3-10(11)7-12(13)9-22(17)18/h1-8H,9H2. The van der Waals surface area contributed by atoms with Crippen LogP contribution in [0, 0.1) is 0 Å². The zero-order chi connectivity index (χ0) is 14.8. The van der Waals surface area contributed by atoms with Crippen molar-refractivity contribution >= 4 is 53.7 Å². The molecule has 3 aromatic carbocycles. The first-order valence-electron chi connectivity index (χ1n) is 7.08. The van der Waals surface area contributed by atoms with Gasteiger partial charge in [0.1, 0.15) is 11.3 Å². The third kappa shape index (κ3) is 1.62. The van der Waals surface area contributed by atoms with Crippen LogP contribution < -0.4 is 0 Å². The van der Waals surface area contributed by atoms with Crippen LogP contribution in [0.4, 0.5) is 0 Å². The molecule has 0 N–H and O–H groups in total. The van der Waals surface area contributed by atoms with Gasteiger partial charge in [-0.25, -0.2) is 4.98 Å². The maximum atomic E-state index is 4.89. The van der Waals surface area contributed by atoms with Gasteiger partial charge >= 0.3 is 0 Å². The first kappa shape index (κ1) is 12.9. The molecule has 0 saturated heterocycles. The Morgan fingerprint density at radius 1 is 0.909 bits per heavy atom. The number of rotatable bonds is 0. The second-order valence-electron chi connectivity index (χ2n) is 5.60. The quantitative estimate of drug-likeness (QED) is 0.316. The fourth-order valence-corrected chi connectivity index (χ4v) is 4.26. The lowest BCUT2D eigenvalue weighted by Gasteiger charge is -2.04. The van der Waals surface area contributed by atoms with Crippen molar-refractivity contribution < 1.29 is 0 Å². The molecule has 1 aliphatic heterocycles. The Morgan fingerprint density at radius 2 is 1.64 bits per heavy atom. The van der Waals surface area contributed by atoms with Crippen LogP contribution in [-0.2, 0) is 6.54 Å². The van der Waals surface area contributed by atoms with Crippen LogP contribution in [0.15, 0.2) is 57.5 Å². The van der Waals surface area contributed by atoms with Crippen molar-refractivity contribution in [1.82, 2.24) is 9.55 Å². The van der Waals surface area contributed by atoms with E-state index in [4.69, 9.17) is 4.98 Å². The largest absolute Gasteiger partial charge is 0.318 e. The smallest absolute Gasteiger partial charge is 0.141 e. The van der Waals surface area contributed by atoms with Crippen LogP contribution in [0.1, 0.15) is 5.56 Å². The monoisotopic (exact) mass is 412 g/mol. The molecule has 1 aliphatic rings. The maximum Gasteiger partial charge on any atom is 0.141 e. The second-order valence-corrected chi connectivity index (χ2v) is 7.31. The molecule has 0 spiro atoms. The van der Waals surface area contributed by atoms with Gasteiger partial charge in [-0.1, -0.05) is 24.3 Å². The highest BCUT2D eigenvalue weighted by molar-refractivity contribution is 9.11. The molecule has 0 radical (unpaired) electrons. The minimum absolute atomic E-state index is 0.876. The number of halogens is 2. The molecule has 0 bridgehead atoms. The average Bonchev–Trinajstić information content (AvgIpc) is 3.05. The second kappa shape index (κ2) is 4.43. The molecule has 1 aromatic heterocycles. The minimum Gasteiger partial charge on any atom is -0.318 e. The number of hydrogen-bond acceptors (Lipinski definition) is 1. The summed E-state index contributed by atoms with van der Waals surface area (Å²) in [5.41, 5.74) is 4.76. The van der Waals surface area contributed by atoms with Gasteiger partial charge in [0, 0.05) is 14.5 Å². The van der Waals surface area contributed by atoms with Crippen molar-refractivity contribution in [2.75, 3.05) is 0 Å². The first-order valence-corrected chi connectivity index (χ1v) is 8.67. The van der Waals surface area contributed by atoms with E-state index in [1.54, 1.807) is 0 Å². The van der Waals surface area contributed by atoms with E-state index in [1.807, 2.05) is 6.07 Å². The number of fused-ring (bicyclic) bond motifs is 6. The summed E-state index contributed by atoms with van der Waals surface area (Å²) in [6.45, 7) is 0.876. The molecule has 5 rings (SSSR count). The van der Waals surface area contributed by atoms with E-state index in [0.717, 1.165) is 32.3 Å². The Kier molecular flexibility index (Phi) is 2.59. The van der Waals surface area contributed by atoms with E-state index in [1.165, 1.54) is 21.9 Å². The van der Waals surface area contributed by atoms with Crippen molar-refractivity contribution in [3.63, 3.8) is 0 Å². The van der Waals surface area contributed by atoms with E-state index in [2.05, 4.69) is 78.9 Å². The molecule has 4 heteroatoms. The molecule has 0 aliphatic carbocycles. The van der Waals surface area contributed by atoms with Crippen LogP contribution in [0.2, 0.25) is 0 Å². The summed E-state index contributed by atoms with van der Waals surface area (Å²) in [6.07, 6.45) is 0. The molecular formula is C18H10Br2N2. The molecule has 22 heavy (non-hydrogen) atoms. The molecule has 4 aromatic rings. The van der Waals surface area contributed by atoms with Crippen LogP contribution in [0.25, 0.3) is 33.2 Å². The van der Waals surface area contributed by atoms with Gasteiger partial charge < -0.3 is 4.57 Å². The fourth-order valence-electron chi connectivity index (χ4n) is 3.32. The van der Waals surface area contributed by atoms with Crippen molar-refractivity contribution in [1.29, 1.82) is 0 Å². The first-order chi connectivity index (χ1) is 10.7. The van der Waals surface area contributed by atoms with Crippen LogP contribution in [0.3, 0.4) is 0 Å². The predicted molar refractivity (Wildman–Crippen MR) is 97.2 cm³/mol. The summed E-state index contributed by atoms with van der Waals surface area (Å²) in [7, 11) is 0. The average molecular weight is 414 g/mol. The Balaban J connectivity index is 1.88. The number of hydrogen-bond donors (Lipinski definition) is 0. The van der Waals surface area contributed by atoms with E-state index >= 15 is 0 Å². The van der Waals surface area contributed by atoms with Crippen LogP contribution in [-0.4, -0.2) is 9.55 Å². The van der Waals surface area contributed by atoms with Crippen molar-refractivity contribution in [2.45, 2.75) is 6.54 Å². The van der Waals surface area contributed by atoms with Crippen LogP contribution in [0.5, 0.6) is 0 Å². The van der Waals surface area contributed by atoms with Gasteiger partial charge in [-0.15, -0.1) is 0 Å². The summed E-state index contributed by atoms with van der Waals surface area (Å²) >= 11 is 7.29. The number of benzene rings is 3. The van der Waals surface area contributed by atoms with Crippen molar-refractivity contribution in [3.8, 4) is 11.4 Å². The highest BCUT2D eigenvalue weighted by Gasteiger charge is 2.25. The van der Waals surface area contributed by atoms with Gasteiger partial charge in [0.05, 0.1) is 12.1 Å². The third-order valence-electron chi connectivity index (χ3n) is 4.34. The van der Waals surface area contributed by atoms with Crippen molar-refractivity contribution in [3.05, 3.63) is 63.0 Å². The minimum atomic E-state index is 0.876. The van der Waals surface area contributed by atoms with E-state index in [0.29, 0.717) is 0 Å². The summed E-state index contributed by atoms with van der Waals surface area (Å²) in [5, 5.41) is 2.55. The van der Waals surface area contributed by atoms with Gasteiger partial charge in [-0.05, 0) is 72.5 Å². The Hall–Kier alpha value is -1.65. The lowest BCUT2D eigenvalue weighted by molar-refractivity contribution is 0.878. The van der Waals surface area contributed by atoms with Gasteiger partial charge in [0.25, 0.3) is 0 Å². The molecule has 0 fully saturated rings. The highest BCUT2D eigenvalue weighted by atomic mass is 79.9. The zero-order valence-electron chi connectivity index (χ0n) is 11.5. The molecule has 0 unspecified atom stereocenters. The Bertz CT molecular complexity index is 1080. The topological polar surface area (TPSA) is 17.8 Å². The van der Waals surface area contributed by atoms with E-state index < -0.39 is 0 Å². The van der Waals surface area contributed by atoms with E-state index in [9.17, 15) is 0 Å². The van der Waals surface area contributed by atoms with E-state index in [-0.39, 0.29) is 0 Å². The summed E-state index contributed by atoms with van der Waals surface area (Å²) in [5.74, 6) is 1.06. The Labute approximate surface area is 144 Å². The maximum absolute atomic E-state index is 4.89. The van der Waals surface area contributed by atoms with Crippen molar-refractivity contribution in [2.24, 2.45) is 0 Å². The van der Waals surface area contributed by atoms with Crippen LogP contribution >= 0.6 is 31.9 Å². The third-order valence-corrected chi connectivity index (χ3v) is 5.62.